The van der Waals surface area contributed by atoms with Gasteiger partial charge in [0.05, 0.1) is 11.4 Å². The van der Waals surface area contributed by atoms with Crippen molar-refractivity contribution in [2.75, 3.05) is 13.1 Å². The van der Waals surface area contributed by atoms with Gasteiger partial charge in [-0.1, -0.05) is 61.4 Å². The Bertz CT molecular complexity index is 857. The van der Waals surface area contributed by atoms with Gasteiger partial charge in [-0.3, -0.25) is 4.79 Å². The Morgan fingerprint density at radius 3 is 2.00 bits per heavy atom. The molecule has 6 heteroatoms. The van der Waals surface area contributed by atoms with Crippen LogP contribution in [0.3, 0.4) is 0 Å². The van der Waals surface area contributed by atoms with Gasteiger partial charge in [-0.15, -0.1) is 0 Å². The molecule has 27 heavy (non-hydrogen) atoms. The molecule has 2 aromatic carbocycles. The van der Waals surface area contributed by atoms with Crippen LogP contribution < -0.4 is 5.32 Å². The van der Waals surface area contributed by atoms with Gasteiger partial charge in [0.2, 0.25) is 15.9 Å². The molecule has 1 amide bonds. The molecule has 0 spiro atoms. The molecule has 0 fully saturated rings. The zero-order valence-electron chi connectivity index (χ0n) is 16.4. The van der Waals surface area contributed by atoms with Crippen molar-refractivity contribution in [3.8, 4) is 0 Å². The van der Waals surface area contributed by atoms with Crippen LogP contribution in [0.1, 0.15) is 30.5 Å². The quantitative estimate of drug-likeness (QED) is 0.755. The van der Waals surface area contributed by atoms with E-state index < -0.39 is 10.0 Å². The summed E-state index contributed by atoms with van der Waals surface area (Å²) in [4.78, 5) is 12.5. The second-order valence-electron chi connectivity index (χ2n) is 7.27. The number of carbonyl (C=O) groups is 1. The van der Waals surface area contributed by atoms with Crippen molar-refractivity contribution < 1.29 is 13.2 Å². The Morgan fingerprint density at radius 1 is 0.963 bits per heavy atom. The normalized spacial score (nSPS) is 11.8. The van der Waals surface area contributed by atoms with Crippen LogP contribution >= 0.6 is 0 Å². The van der Waals surface area contributed by atoms with Gasteiger partial charge in [0, 0.05) is 13.1 Å². The van der Waals surface area contributed by atoms with Gasteiger partial charge in [0.25, 0.3) is 0 Å². The fourth-order valence-electron chi connectivity index (χ4n) is 2.52. The molecule has 0 saturated heterocycles. The number of nitrogens with zero attached hydrogens (tertiary/aromatic N) is 1. The van der Waals surface area contributed by atoms with Crippen molar-refractivity contribution in [2.24, 2.45) is 5.92 Å². The first-order valence-electron chi connectivity index (χ1n) is 9.07. The van der Waals surface area contributed by atoms with Crippen LogP contribution in [0.2, 0.25) is 0 Å². The number of rotatable bonds is 8. The molecule has 0 bridgehead atoms. The number of nitrogens with one attached hydrogen (secondary N) is 1. The fraction of sp³-hybridized carbons (Fsp3) is 0.381. The van der Waals surface area contributed by atoms with Gasteiger partial charge >= 0.3 is 0 Å². The standard InChI is InChI=1S/C21H28N2O3S/c1-16(2)13-22-21(24)15-23(14-19-9-5-17(3)6-10-19)27(25,26)20-11-7-18(4)8-12-20/h5-12,16H,13-15H2,1-4H3,(H,22,24). The van der Waals surface area contributed by atoms with Gasteiger partial charge < -0.3 is 5.32 Å². The van der Waals surface area contributed by atoms with Gasteiger partial charge in [-0.2, -0.15) is 4.31 Å². The summed E-state index contributed by atoms with van der Waals surface area (Å²) in [6.45, 7) is 8.31. The average Bonchev–Trinajstić information content (AvgIpc) is 2.61. The second kappa shape index (κ2) is 9.15. The highest BCUT2D eigenvalue weighted by Crippen LogP contribution is 2.19. The molecule has 0 unspecified atom stereocenters. The molecule has 0 aromatic heterocycles. The van der Waals surface area contributed by atoms with Gasteiger partial charge in [-0.05, 0) is 37.5 Å². The highest BCUT2D eigenvalue weighted by atomic mass is 32.2. The summed E-state index contributed by atoms with van der Waals surface area (Å²) < 4.78 is 27.5. The molecule has 0 radical (unpaired) electrons. The Hall–Kier alpha value is -2.18. The van der Waals surface area contributed by atoms with Crippen LogP contribution in [-0.2, 0) is 21.4 Å². The van der Waals surface area contributed by atoms with E-state index in [4.69, 9.17) is 0 Å². The summed E-state index contributed by atoms with van der Waals surface area (Å²) in [6.07, 6.45) is 0. The van der Waals surface area contributed by atoms with Crippen molar-refractivity contribution in [1.29, 1.82) is 0 Å². The Labute approximate surface area is 162 Å². The highest BCUT2D eigenvalue weighted by molar-refractivity contribution is 7.89. The fourth-order valence-corrected chi connectivity index (χ4v) is 3.90. The van der Waals surface area contributed by atoms with E-state index in [2.05, 4.69) is 5.32 Å². The lowest BCUT2D eigenvalue weighted by atomic mass is 10.1. The lowest BCUT2D eigenvalue weighted by Gasteiger charge is -2.22. The Kier molecular flexibility index (Phi) is 7.16. The number of aryl methyl sites for hydroxylation is 2. The monoisotopic (exact) mass is 388 g/mol. The second-order valence-corrected chi connectivity index (χ2v) is 9.21. The number of hydrogen-bond acceptors (Lipinski definition) is 3. The average molecular weight is 389 g/mol. The van der Waals surface area contributed by atoms with Crippen LogP contribution in [0.5, 0.6) is 0 Å². The van der Waals surface area contributed by atoms with E-state index in [0.717, 1.165) is 16.7 Å². The third-order valence-corrected chi connectivity index (χ3v) is 5.97. The molecule has 0 saturated carbocycles. The van der Waals surface area contributed by atoms with E-state index in [0.29, 0.717) is 12.5 Å². The summed E-state index contributed by atoms with van der Waals surface area (Å²) in [5.74, 6) is -0.000275. The van der Waals surface area contributed by atoms with E-state index in [9.17, 15) is 13.2 Å². The predicted molar refractivity (Wildman–Crippen MR) is 108 cm³/mol. The molecule has 0 aliphatic carbocycles. The van der Waals surface area contributed by atoms with Crippen molar-refractivity contribution >= 4 is 15.9 Å². The van der Waals surface area contributed by atoms with E-state index in [1.54, 1.807) is 24.3 Å². The van der Waals surface area contributed by atoms with Crippen LogP contribution in [0, 0.1) is 19.8 Å². The van der Waals surface area contributed by atoms with Crippen LogP contribution in [0.15, 0.2) is 53.4 Å². The molecule has 0 aliphatic rings. The van der Waals surface area contributed by atoms with Crippen LogP contribution in [-0.4, -0.2) is 31.7 Å². The molecular formula is C21H28N2O3S. The number of sulfonamides is 1. The lowest BCUT2D eigenvalue weighted by Crippen LogP contribution is -2.41. The van der Waals surface area contributed by atoms with E-state index >= 15 is 0 Å². The van der Waals surface area contributed by atoms with Crippen molar-refractivity contribution in [3.05, 3.63) is 65.2 Å². The predicted octanol–water partition coefficient (Wildman–Crippen LogP) is 3.27. The first-order chi connectivity index (χ1) is 12.7. The van der Waals surface area contributed by atoms with Crippen LogP contribution in [0.25, 0.3) is 0 Å². The van der Waals surface area contributed by atoms with Crippen molar-refractivity contribution in [3.63, 3.8) is 0 Å². The van der Waals surface area contributed by atoms with E-state index in [1.165, 1.54) is 4.31 Å². The molecule has 0 atom stereocenters. The maximum atomic E-state index is 13.1. The van der Waals surface area contributed by atoms with E-state index in [1.807, 2.05) is 52.0 Å². The summed E-state index contributed by atoms with van der Waals surface area (Å²) in [5, 5.41) is 2.80. The maximum absolute atomic E-state index is 13.1. The highest BCUT2D eigenvalue weighted by Gasteiger charge is 2.26. The molecule has 1 N–H and O–H groups in total. The minimum atomic E-state index is -3.79. The number of carbonyl (C=O) groups excluding carboxylic acids is 1. The zero-order valence-corrected chi connectivity index (χ0v) is 17.2. The topological polar surface area (TPSA) is 66.5 Å². The van der Waals surface area contributed by atoms with Gasteiger partial charge in [0.15, 0.2) is 0 Å². The van der Waals surface area contributed by atoms with Gasteiger partial charge in [-0.25, -0.2) is 8.42 Å². The molecule has 0 heterocycles. The lowest BCUT2D eigenvalue weighted by molar-refractivity contribution is -0.121. The molecule has 2 rings (SSSR count). The Balaban J connectivity index is 2.28. The third kappa shape index (κ3) is 6.19. The largest absolute Gasteiger partial charge is 0.355 e. The number of benzene rings is 2. The SMILES string of the molecule is Cc1ccc(CN(CC(=O)NCC(C)C)S(=O)(=O)c2ccc(C)cc2)cc1. The molecule has 5 nitrogen and oxygen atoms in total. The third-order valence-electron chi connectivity index (χ3n) is 4.17. The number of hydrogen-bond donors (Lipinski definition) is 1. The maximum Gasteiger partial charge on any atom is 0.243 e. The summed E-state index contributed by atoms with van der Waals surface area (Å²) >= 11 is 0. The van der Waals surface area contributed by atoms with E-state index in [-0.39, 0.29) is 23.9 Å². The molecule has 146 valence electrons. The minimum absolute atomic E-state index is 0.144. The van der Waals surface area contributed by atoms with Crippen LogP contribution in [0.4, 0.5) is 0 Å². The first-order valence-corrected chi connectivity index (χ1v) is 10.5. The number of amides is 1. The summed E-state index contributed by atoms with van der Waals surface area (Å²) in [5.41, 5.74) is 2.92. The molecule has 0 aliphatic heterocycles. The van der Waals surface area contributed by atoms with Gasteiger partial charge in [0.1, 0.15) is 0 Å². The minimum Gasteiger partial charge on any atom is -0.355 e. The zero-order chi connectivity index (χ0) is 20.0. The summed E-state index contributed by atoms with van der Waals surface area (Å²) in [7, 11) is -3.79. The Morgan fingerprint density at radius 2 is 1.48 bits per heavy atom. The summed E-state index contributed by atoms with van der Waals surface area (Å²) in [6, 6.07) is 14.3. The molecular weight excluding hydrogens is 360 g/mol. The van der Waals surface area contributed by atoms with Crippen molar-refractivity contribution in [2.45, 2.75) is 39.1 Å². The first kappa shape index (κ1) is 21.1. The van der Waals surface area contributed by atoms with Crippen molar-refractivity contribution in [1.82, 2.24) is 9.62 Å². The molecule has 2 aromatic rings. The smallest absolute Gasteiger partial charge is 0.243 e.